The van der Waals surface area contributed by atoms with E-state index in [2.05, 4.69) is 172 Å². The number of rotatable bonds is 8. The first-order valence-corrected chi connectivity index (χ1v) is 20.8. The van der Waals surface area contributed by atoms with E-state index in [0.717, 1.165) is 11.5 Å². The number of benzene rings is 5. The maximum atomic E-state index is 12.6. The maximum absolute atomic E-state index is 12.6. The molecule has 2 aliphatic carbocycles. The topological polar surface area (TPSA) is 20.2 Å². The molecule has 0 aromatic heterocycles. The molecule has 0 saturated heterocycles. The minimum absolute atomic E-state index is 0. The van der Waals surface area contributed by atoms with Crippen molar-refractivity contribution in [3.8, 4) is 0 Å². The molecule has 1 atom stereocenters. The molecule has 2 saturated carbocycles. The average Bonchev–Trinajstić information content (AvgIpc) is 3.80. The van der Waals surface area contributed by atoms with Crippen LogP contribution in [0.2, 0.25) is 0 Å². The summed E-state index contributed by atoms with van der Waals surface area (Å²) in [5.74, 6) is 0.998. The standard InChI is InChI=1S/C44H45OP2.C5H5.Fe/c1-28-16-29(2)21-36(20-28)46(37-22-30(3)17-31(4)23-37)42-14-10-9-12-40(42)44(45)41-13-11-15-43(41)47(38-24-32(5)18-33(6)25-38)39-26-34(7)19-35(8)27-39;1-2-4-5-3-1;/h9-27,44-45H,1-8H3;1-5H;/t44-;;/m0../s1. The Hall–Kier alpha value is -2.56. The molecule has 0 heterocycles. The Labute approximate surface area is 334 Å². The molecule has 5 aromatic carbocycles. The van der Waals surface area contributed by atoms with Gasteiger partial charge in [-0.3, -0.25) is 0 Å². The predicted molar refractivity (Wildman–Crippen MR) is 228 cm³/mol. The molecule has 0 amide bonds. The van der Waals surface area contributed by atoms with Gasteiger partial charge in [-0.15, -0.1) is 0 Å². The molecule has 5 aromatic rings. The molecule has 270 valence electrons. The van der Waals surface area contributed by atoms with Crippen molar-refractivity contribution in [2.45, 2.75) is 61.5 Å². The second-order valence-electron chi connectivity index (χ2n) is 14.3. The summed E-state index contributed by atoms with van der Waals surface area (Å²) in [5.41, 5.74) is 12.3. The molecule has 0 unspecified atom stereocenters. The van der Waals surface area contributed by atoms with Gasteiger partial charge in [0, 0.05) is 28.6 Å². The Morgan fingerprint density at radius 3 is 1.13 bits per heavy atom. The third-order valence-electron chi connectivity index (χ3n) is 9.25. The molecule has 2 fully saturated rings. The van der Waals surface area contributed by atoms with E-state index < -0.39 is 21.9 Å². The van der Waals surface area contributed by atoms with Gasteiger partial charge in [-0.25, -0.2) is 0 Å². The van der Waals surface area contributed by atoms with Crippen molar-refractivity contribution in [2.75, 3.05) is 0 Å². The van der Waals surface area contributed by atoms with Gasteiger partial charge in [0.15, 0.2) is 0 Å². The molecule has 4 heteroatoms. The van der Waals surface area contributed by atoms with E-state index in [9.17, 15) is 5.11 Å². The number of aliphatic hydroxyl groups is 1. The van der Waals surface area contributed by atoms with Crippen LogP contribution in [0.15, 0.2) is 97.1 Å². The van der Waals surface area contributed by atoms with Gasteiger partial charge in [-0.2, -0.15) is 0 Å². The molecule has 10 radical (unpaired) electrons. The Balaban J connectivity index is 0.000000833. The zero-order valence-electron chi connectivity index (χ0n) is 32.1. The zero-order chi connectivity index (χ0) is 36.9. The third-order valence-corrected chi connectivity index (χ3v) is 14.1. The van der Waals surface area contributed by atoms with E-state index in [1.807, 2.05) is 32.1 Å². The monoisotopic (exact) mass is 772 g/mol. The first-order valence-electron chi connectivity index (χ1n) is 18.1. The third kappa shape index (κ3) is 10.4. The average molecular weight is 773 g/mol. The van der Waals surface area contributed by atoms with Crippen LogP contribution in [0.5, 0.6) is 0 Å². The van der Waals surface area contributed by atoms with E-state index in [0.29, 0.717) is 0 Å². The Kier molecular flexibility index (Phi) is 14.8. The van der Waals surface area contributed by atoms with Gasteiger partial charge in [0.1, 0.15) is 0 Å². The van der Waals surface area contributed by atoms with Gasteiger partial charge in [-0.05, 0) is 155 Å². The molecule has 1 N–H and O–H groups in total. The van der Waals surface area contributed by atoms with E-state index in [1.54, 1.807) is 0 Å². The number of hydrogen-bond donors (Lipinski definition) is 1. The van der Waals surface area contributed by atoms with Crippen LogP contribution in [0, 0.1) is 118 Å². The predicted octanol–water partition coefficient (Wildman–Crippen LogP) is 9.83. The fourth-order valence-electron chi connectivity index (χ4n) is 7.44. The van der Waals surface area contributed by atoms with Gasteiger partial charge < -0.3 is 5.11 Å². The van der Waals surface area contributed by atoms with E-state index >= 15 is 0 Å². The van der Waals surface area contributed by atoms with Crippen LogP contribution in [0.1, 0.15) is 56.2 Å². The first-order chi connectivity index (χ1) is 25.0. The second-order valence-corrected chi connectivity index (χ2v) is 18.7. The SMILES string of the molecule is Cc1cc(C)cc(P([C]2[CH][CH][CH][C]2[C@@H](O)c2ccccc2P(c2cc(C)cc(C)c2)c2cc(C)cc(C)c2)c2cc(C)cc(C)c2)c1.[CH]1[CH][CH][CH][CH]1.[Fe]. The maximum Gasteiger partial charge on any atom is 0.0871 e. The van der Waals surface area contributed by atoms with Crippen LogP contribution in [0.4, 0.5) is 0 Å². The largest absolute Gasteiger partial charge is 0.388 e. The zero-order valence-corrected chi connectivity index (χ0v) is 35.0. The first kappa shape index (κ1) is 41.6. The Morgan fingerprint density at radius 1 is 0.415 bits per heavy atom. The summed E-state index contributed by atoms with van der Waals surface area (Å²) < 4.78 is 0. The molecule has 53 heavy (non-hydrogen) atoms. The van der Waals surface area contributed by atoms with Crippen molar-refractivity contribution in [2.24, 2.45) is 0 Å². The molecular weight excluding hydrogens is 722 g/mol. The molecule has 0 spiro atoms. The van der Waals surface area contributed by atoms with Crippen LogP contribution in [-0.4, -0.2) is 5.11 Å². The summed E-state index contributed by atoms with van der Waals surface area (Å²) in [5, 5.41) is 19.1. The van der Waals surface area contributed by atoms with E-state index in [-0.39, 0.29) is 17.1 Å². The summed E-state index contributed by atoms with van der Waals surface area (Å²) in [7, 11) is -1.83. The van der Waals surface area contributed by atoms with Crippen LogP contribution >= 0.6 is 15.8 Å². The van der Waals surface area contributed by atoms with Crippen molar-refractivity contribution in [3.05, 3.63) is 210 Å². The van der Waals surface area contributed by atoms with Crippen LogP contribution in [0.25, 0.3) is 0 Å². The summed E-state index contributed by atoms with van der Waals surface area (Å²) >= 11 is 0. The van der Waals surface area contributed by atoms with Crippen LogP contribution < -0.4 is 26.5 Å². The quantitative estimate of drug-likeness (QED) is 0.123. The van der Waals surface area contributed by atoms with Crippen LogP contribution in [0.3, 0.4) is 0 Å². The normalized spacial score (nSPS) is 15.4. The van der Waals surface area contributed by atoms with Gasteiger partial charge in [0.25, 0.3) is 0 Å². The van der Waals surface area contributed by atoms with Crippen molar-refractivity contribution >= 4 is 42.4 Å². The Morgan fingerprint density at radius 2 is 0.755 bits per heavy atom. The number of aryl methyl sites for hydroxylation is 8. The number of hydrogen-bond acceptors (Lipinski definition) is 1. The summed E-state index contributed by atoms with van der Waals surface area (Å²) in [6.07, 6.45) is 15.8. The van der Waals surface area contributed by atoms with Crippen molar-refractivity contribution in [1.29, 1.82) is 0 Å². The summed E-state index contributed by atoms with van der Waals surface area (Å²) in [6, 6.07) is 36.3. The summed E-state index contributed by atoms with van der Waals surface area (Å²) in [6.45, 7) is 17.5. The van der Waals surface area contributed by atoms with Gasteiger partial charge >= 0.3 is 0 Å². The van der Waals surface area contributed by atoms with Crippen molar-refractivity contribution in [1.82, 2.24) is 0 Å². The van der Waals surface area contributed by atoms with Crippen molar-refractivity contribution in [3.63, 3.8) is 0 Å². The molecular formula is C49H50FeOP2. The van der Waals surface area contributed by atoms with Gasteiger partial charge in [0.05, 0.1) is 6.10 Å². The fourth-order valence-corrected chi connectivity index (χ4v) is 13.2. The smallest absolute Gasteiger partial charge is 0.0871 e. The molecule has 0 aliphatic heterocycles. The minimum atomic E-state index is -0.925. The fraction of sp³-hybridized carbons (Fsp3) is 0.184. The molecule has 1 nitrogen and oxygen atoms in total. The van der Waals surface area contributed by atoms with E-state index in [1.165, 1.54) is 76.7 Å². The minimum Gasteiger partial charge on any atom is -0.388 e. The Bertz CT molecular complexity index is 1800. The molecule has 7 rings (SSSR count). The van der Waals surface area contributed by atoms with Gasteiger partial charge in [0.2, 0.25) is 0 Å². The molecule has 0 bridgehead atoms. The van der Waals surface area contributed by atoms with Crippen LogP contribution in [-0.2, 0) is 17.1 Å². The second kappa shape index (κ2) is 18.9. The van der Waals surface area contributed by atoms with E-state index in [4.69, 9.17) is 0 Å². The number of aliphatic hydroxyl groups excluding tert-OH is 1. The van der Waals surface area contributed by atoms with Crippen molar-refractivity contribution < 1.29 is 22.2 Å². The molecule has 2 aliphatic rings. The summed E-state index contributed by atoms with van der Waals surface area (Å²) in [4.78, 5) is 0. The van der Waals surface area contributed by atoms with Gasteiger partial charge in [-0.1, -0.05) is 142 Å².